The molecule has 2 rings (SSSR count). The Kier molecular flexibility index (Phi) is 5.70. The minimum atomic E-state index is -0.420. The summed E-state index contributed by atoms with van der Waals surface area (Å²) in [6.45, 7) is 5.83. The number of ether oxygens (including phenoxy) is 1. The summed E-state index contributed by atoms with van der Waals surface area (Å²) in [4.78, 5) is 4.19. The van der Waals surface area contributed by atoms with Crippen molar-refractivity contribution in [2.45, 2.75) is 20.4 Å². The topological polar surface area (TPSA) is 34.2 Å². The quantitative estimate of drug-likeness (QED) is 0.829. The maximum Gasteiger partial charge on any atom is 0.223 e. The molecule has 0 amide bonds. The third-order valence-electron chi connectivity index (χ3n) is 2.82. The molecule has 21 heavy (non-hydrogen) atoms. The molecule has 1 aromatic carbocycles. The highest BCUT2D eigenvalue weighted by Crippen LogP contribution is 2.27. The first-order valence-corrected chi connectivity index (χ1v) is 7.63. The molecule has 0 atom stereocenters. The van der Waals surface area contributed by atoms with E-state index in [4.69, 9.17) is 4.74 Å². The highest BCUT2D eigenvalue weighted by molar-refractivity contribution is 9.10. The number of rotatable bonds is 6. The summed E-state index contributed by atoms with van der Waals surface area (Å²) in [5, 5.41) is 3.33. The lowest BCUT2D eigenvalue weighted by Gasteiger charge is -2.12. The molecular formula is C16H18BrFN2O. The van der Waals surface area contributed by atoms with Crippen LogP contribution in [0.4, 0.5) is 4.39 Å². The first-order chi connectivity index (χ1) is 10.1. The zero-order valence-corrected chi connectivity index (χ0v) is 13.7. The number of nitrogens with zero attached hydrogens (tertiary/aromatic N) is 1. The fraction of sp³-hybridized carbons (Fsp3) is 0.312. The number of hydrogen-bond acceptors (Lipinski definition) is 3. The Labute approximate surface area is 132 Å². The van der Waals surface area contributed by atoms with Gasteiger partial charge in [-0.15, -0.1) is 0 Å². The van der Waals surface area contributed by atoms with E-state index in [-0.39, 0.29) is 5.75 Å². The largest absolute Gasteiger partial charge is 0.436 e. The Hall–Kier alpha value is -1.46. The average Bonchev–Trinajstić information content (AvgIpc) is 2.43. The number of pyridine rings is 1. The van der Waals surface area contributed by atoms with Crippen molar-refractivity contribution in [1.29, 1.82) is 0 Å². The van der Waals surface area contributed by atoms with Crippen LogP contribution < -0.4 is 10.1 Å². The summed E-state index contributed by atoms with van der Waals surface area (Å²) < 4.78 is 20.1. The molecule has 0 aliphatic rings. The predicted molar refractivity (Wildman–Crippen MR) is 85.0 cm³/mol. The third-order valence-corrected chi connectivity index (χ3v) is 3.31. The highest BCUT2D eigenvalue weighted by Gasteiger charge is 2.10. The maximum atomic E-state index is 13.8. The summed E-state index contributed by atoms with van der Waals surface area (Å²) in [5.74, 6) is 0.739. The lowest BCUT2D eigenvalue weighted by molar-refractivity contribution is 0.419. The van der Waals surface area contributed by atoms with Crippen LogP contribution in [0.1, 0.15) is 19.4 Å². The minimum absolute atomic E-state index is 0.169. The molecule has 1 heterocycles. The molecule has 0 bridgehead atoms. The van der Waals surface area contributed by atoms with Crippen molar-refractivity contribution in [2.75, 3.05) is 6.54 Å². The van der Waals surface area contributed by atoms with E-state index in [0.717, 1.165) is 12.1 Å². The van der Waals surface area contributed by atoms with Crippen molar-refractivity contribution in [2.24, 2.45) is 5.92 Å². The number of halogens is 2. The lowest BCUT2D eigenvalue weighted by atomic mass is 10.2. The molecule has 0 aliphatic carbocycles. The zero-order chi connectivity index (χ0) is 15.2. The third kappa shape index (κ3) is 4.79. The molecule has 5 heteroatoms. The van der Waals surface area contributed by atoms with Gasteiger partial charge in [-0.3, -0.25) is 0 Å². The van der Waals surface area contributed by atoms with Gasteiger partial charge >= 0.3 is 0 Å². The number of aromatic nitrogens is 1. The highest BCUT2D eigenvalue weighted by atomic mass is 79.9. The predicted octanol–water partition coefficient (Wildman–Crippen LogP) is 4.52. The zero-order valence-electron chi connectivity index (χ0n) is 12.1. The second-order valence-electron chi connectivity index (χ2n) is 5.17. The molecule has 0 radical (unpaired) electrons. The molecule has 1 N–H and O–H groups in total. The molecule has 0 aliphatic heterocycles. The molecule has 3 nitrogen and oxygen atoms in total. The van der Waals surface area contributed by atoms with Crippen molar-refractivity contribution < 1.29 is 9.13 Å². The normalized spacial score (nSPS) is 10.9. The van der Waals surface area contributed by atoms with E-state index in [1.165, 1.54) is 6.07 Å². The Morgan fingerprint density at radius 1 is 1.33 bits per heavy atom. The van der Waals surface area contributed by atoms with Gasteiger partial charge in [0, 0.05) is 22.8 Å². The fourth-order valence-corrected chi connectivity index (χ4v) is 2.14. The van der Waals surface area contributed by atoms with Crippen LogP contribution in [0.25, 0.3) is 0 Å². The van der Waals surface area contributed by atoms with Crippen LogP contribution in [0, 0.1) is 11.7 Å². The molecule has 0 spiro atoms. The second kappa shape index (κ2) is 7.52. The lowest BCUT2D eigenvalue weighted by Crippen LogP contribution is -2.19. The van der Waals surface area contributed by atoms with Gasteiger partial charge in [0.1, 0.15) is 0 Å². The number of hydrogen-bond donors (Lipinski definition) is 1. The Balaban J connectivity index is 2.12. The first-order valence-electron chi connectivity index (χ1n) is 6.84. The fourth-order valence-electron chi connectivity index (χ4n) is 1.81. The van der Waals surface area contributed by atoms with Gasteiger partial charge in [0.05, 0.1) is 0 Å². The van der Waals surface area contributed by atoms with Crippen LogP contribution in [0.2, 0.25) is 0 Å². The van der Waals surface area contributed by atoms with E-state index >= 15 is 0 Å². The molecule has 112 valence electrons. The summed E-state index contributed by atoms with van der Waals surface area (Å²) in [7, 11) is 0. The van der Waals surface area contributed by atoms with Gasteiger partial charge in [0.15, 0.2) is 11.6 Å². The van der Waals surface area contributed by atoms with E-state index in [1.54, 1.807) is 18.3 Å². The molecule has 1 aromatic heterocycles. The standard InChI is InChI=1S/C16H18BrFN2O/c1-11(2)9-19-10-12-4-3-7-20-16(12)21-15-6-5-13(17)8-14(15)18/h3-8,11,19H,9-10H2,1-2H3. The van der Waals surface area contributed by atoms with Crippen LogP contribution in [0.3, 0.4) is 0 Å². The molecule has 2 aromatic rings. The van der Waals surface area contributed by atoms with E-state index in [1.807, 2.05) is 12.1 Å². The first kappa shape index (κ1) is 15.9. The van der Waals surface area contributed by atoms with Gasteiger partial charge in [-0.2, -0.15) is 0 Å². The monoisotopic (exact) mass is 352 g/mol. The van der Waals surface area contributed by atoms with E-state index in [0.29, 0.717) is 22.8 Å². The summed E-state index contributed by atoms with van der Waals surface area (Å²) in [6.07, 6.45) is 1.64. The van der Waals surface area contributed by atoms with E-state index in [2.05, 4.69) is 40.1 Å². The van der Waals surface area contributed by atoms with Gasteiger partial charge in [-0.25, -0.2) is 9.37 Å². The molecule has 0 fully saturated rings. The molecule has 0 saturated carbocycles. The van der Waals surface area contributed by atoms with Gasteiger partial charge in [-0.05, 0) is 36.7 Å². The Morgan fingerprint density at radius 2 is 2.14 bits per heavy atom. The van der Waals surface area contributed by atoms with Gasteiger partial charge in [-0.1, -0.05) is 35.8 Å². The van der Waals surface area contributed by atoms with Crippen LogP contribution in [0.15, 0.2) is 41.0 Å². The van der Waals surface area contributed by atoms with E-state index < -0.39 is 5.82 Å². The minimum Gasteiger partial charge on any atom is -0.436 e. The molecular weight excluding hydrogens is 335 g/mol. The smallest absolute Gasteiger partial charge is 0.223 e. The van der Waals surface area contributed by atoms with Gasteiger partial charge in [0.2, 0.25) is 5.88 Å². The molecule has 0 unspecified atom stereocenters. The van der Waals surface area contributed by atoms with Crippen LogP contribution in [0.5, 0.6) is 11.6 Å². The van der Waals surface area contributed by atoms with Crippen molar-refractivity contribution in [3.8, 4) is 11.6 Å². The number of nitrogens with one attached hydrogen (secondary N) is 1. The van der Waals surface area contributed by atoms with E-state index in [9.17, 15) is 4.39 Å². The van der Waals surface area contributed by atoms with Crippen molar-refractivity contribution in [3.63, 3.8) is 0 Å². The maximum absolute atomic E-state index is 13.8. The van der Waals surface area contributed by atoms with Crippen molar-refractivity contribution in [1.82, 2.24) is 10.3 Å². The summed E-state index contributed by atoms with van der Waals surface area (Å²) >= 11 is 3.22. The van der Waals surface area contributed by atoms with Gasteiger partial charge in [0.25, 0.3) is 0 Å². The van der Waals surface area contributed by atoms with Gasteiger partial charge < -0.3 is 10.1 Å². The number of benzene rings is 1. The SMILES string of the molecule is CC(C)CNCc1cccnc1Oc1ccc(Br)cc1F. The van der Waals surface area contributed by atoms with Crippen LogP contribution >= 0.6 is 15.9 Å². The average molecular weight is 353 g/mol. The Bertz CT molecular complexity index is 605. The van der Waals surface area contributed by atoms with Crippen molar-refractivity contribution in [3.05, 3.63) is 52.4 Å². The van der Waals surface area contributed by atoms with Crippen LogP contribution in [-0.2, 0) is 6.54 Å². The second-order valence-corrected chi connectivity index (χ2v) is 6.08. The summed E-state index contributed by atoms with van der Waals surface area (Å²) in [6, 6.07) is 8.45. The summed E-state index contributed by atoms with van der Waals surface area (Å²) in [5.41, 5.74) is 0.903. The van der Waals surface area contributed by atoms with Crippen LogP contribution in [-0.4, -0.2) is 11.5 Å². The van der Waals surface area contributed by atoms with Crippen molar-refractivity contribution >= 4 is 15.9 Å². The Morgan fingerprint density at radius 3 is 2.86 bits per heavy atom. The molecule has 0 saturated heterocycles.